The summed E-state index contributed by atoms with van der Waals surface area (Å²) in [6.45, 7) is 20.6. The van der Waals surface area contributed by atoms with E-state index in [1.807, 2.05) is 0 Å². The van der Waals surface area contributed by atoms with Crippen molar-refractivity contribution in [3.8, 4) is 5.75 Å². The molecule has 28 heavy (non-hydrogen) atoms. The summed E-state index contributed by atoms with van der Waals surface area (Å²) >= 11 is -1.98. The van der Waals surface area contributed by atoms with Crippen molar-refractivity contribution in [2.24, 2.45) is 5.92 Å². The van der Waals surface area contributed by atoms with Gasteiger partial charge in [0.25, 0.3) is 0 Å². The molecule has 1 aliphatic carbocycles. The van der Waals surface area contributed by atoms with E-state index < -0.39 is 17.8 Å². The van der Waals surface area contributed by atoms with Gasteiger partial charge in [0.2, 0.25) is 0 Å². The zero-order valence-electron chi connectivity index (χ0n) is 19.0. The van der Waals surface area contributed by atoms with Gasteiger partial charge >= 0.3 is 168 Å². The minimum Gasteiger partial charge on any atom is -0.147 e. The van der Waals surface area contributed by atoms with E-state index in [0.29, 0.717) is 5.92 Å². The van der Waals surface area contributed by atoms with E-state index in [9.17, 15) is 0 Å². The fraction of sp³-hybridized carbons (Fsp3) is 0.542. The molecule has 0 heterocycles. The van der Waals surface area contributed by atoms with Gasteiger partial charge in [-0.15, -0.1) is 24.8 Å². The Kier molecular flexibility index (Phi) is 11.0. The van der Waals surface area contributed by atoms with E-state index in [1.165, 1.54) is 22.3 Å². The van der Waals surface area contributed by atoms with Crippen molar-refractivity contribution in [1.82, 2.24) is 0 Å². The molecule has 1 aliphatic rings. The van der Waals surface area contributed by atoms with Crippen molar-refractivity contribution in [2.75, 3.05) is 0 Å². The van der Waals surface area contributed by atoms with Gasteiger partial charge in [-0.1, -0.05) is 0 Å². The van der Waals surface area contributed by atoms with Crippen molar-refractivity contribution in [3.05, 3.63) is 50.4 Å². The van der Waals surface area contributed by atoms with Gasteiger partial charge in [-0.2, -0.15) is 0 Å². The molecule has 1 unspecified atom stereocenters. The second kappa shape index (κ2) is 11.2. The van der Waals surface area contributed by atoms with Crippen molar-refractivity contribution in [3.63, 3.8) is 0 Å². The molecule has 1 atom stereocenters. The predicted molar refractivity (Wildman–Crippen MR) is 126 cm³/mol. The topological polar surface area (TPSA) is 9.23 Å². The third-order valence-corrected chi connectivity index (χ3v) is 10.8. The molecule has 0 saturated heterocycles. The van der Waals surface area contributed by atoms with Gasteiger partial charge in [0.1, 0.15) is 0 Å². The van der Waals surface area contributed by atoms with Crippen LogP contribution in [-0.2, 0) is 23.2 Å². The van der Waals surface area contributed by atoms with Crippen LogP contribution in [0.15, 0.2) is 44.9 Å². The zero-order chi connectivity index (χ0) is 19.6. The maximum Gasteiger partial charge on any atom is -0.147 e. The molecule has 2 rings (SSSR count). The standard InChI is InChI=1S/C10H14O.C9H13.C5H10.2ClH.Ti/c1-10(2,3)8-5-4-6-9(11)7-8;1-6-5-7(2)9(4)8(6)3;1-3-5-4-2;;;/h4-7,11H,1-3H3;6H,1-4H3;3-4H2,1-2H3;2*1H;/q;;;;;+1/p-1. The van der Waals surface area contributed by atoms with E-state index >= 15 is 0 Å². The third kappa shape index (κ3) is 5.85. The minimum absolute atomic E-state index is 0. The molecular weight excluding hydrogens is 423 g/mol. The Labute approximate surface area is 191 Å². The fourth-order valence-corrected chi connectivity index (χ4v) is 8.10. The van der Waals surface area contributed by atoms with E-state index in [0.717, 1.165) is 18.6 Å². The van der Waals surface area contributed by atoms with Gasteiger partial charge in [0, 0.05) is 0 Å². The van der Waals surface area contributed by atoms with Crippen molar-refractivity contribution >= 4 is 28.6 Å². The third-order valence-electron chi connectivity index (χ3n) is 5.98. The van der Waals surface area contributed by atoms with Crippen LogP contribution in [-0.4, -0.2) is 3.81 Å². The molecule has 1 nitrogen and oxygen atoms in total. The first-order chi connectivity index (χ1) is 12.1. The molecule has 0 aromatic heterocycles. The number of allylic oxidation sites excluding steroid dienone is 4. The van der Waals surface area contributed by atoms with Crippen LogP contribution in [0.1, 0.15) is 80.7 Å². The van der Waals surface area contributed by atoms with Crippen LogP contribution in [0.4, 0.5) is 0 Å². The molecule has 0 fully saturated rings. The van der Waals surface area contributed by atoms with E-state index in [4.69, 9.17) is 3.32 Å². The molecule has 0 spiro atoms. The predicted octanol–water partition coefficient (Wildman–Crippen LogP) is 7.99. The van der Waals surface area contributed by atoms with E-state index in [1.54, 1.807) is 7.69 Å². The Hall–Kier alpha value is -0.336. The number of hydrogen-bond acceptors (Lipinski definition) is 1. The fourth-order valence-electron chi connectivity index (χ4n) is 3.76. The Morgan fingerprint density at radius 1 is 1.00 bits per heavy atom. The van der Waals surface area contributed by atoms with Gasteiger partial charge < -0.3 is 0 Å². The first kappa shape index (κ1) is 27.7. The van der Waals surface area contributed by atoms with E-state index in [2.05, 4.69) is 86.6 Å². The molecule has 1 aromatic rings. The number of rotatable bonds is 5. The maximum atomic E-state index is 6.86. The van der Waals surface area contributed by atoms with Crippen LogP contribution in [0.2, 0.25) is 0 Å². The van der Waals surface area contributed by atoms with Crippen LogP contribution in [0.5, 0.6) is 5.75 Å². The summed E-state index contributed by atoms with van der Waals surface area (Å²) in [5.74, 6) is 1.59. The van der Waals surface area contributed by atoms with Gasteiger partial charge in [0.15, 0.2) is 0 Å². The summed E-state index contributed by atoms with van der Waals surface area (Å²) in [5, 5.41) is 0. The van der Waals surface area contributed by atoms with E-state index in [-0.39, 0.29) is 30.2 Å². The first-order valence-corrected chi connectivity index (χ1v) is 12.2. The second-order valence-electron chi connectivity index (χ2n) is 8.59. The monoisotopic (exact) mass is 460 g/mol. The molecule has 1 aromatic carbocycles. The summed E-state index contributed by atoms with van der Waals surface area (Å²) < 4.78 is 10.1. The summed E-state index contributed by atoms with van der Waals surface area (Å²) in [6, 6.07) is 8.78. The minimum atomic E-state index is -1.98. The van der Waals surface area contributed by atoms with Gasteiger partial charge in [-0.25, -0.2) is 0 Å². The maximum absolute atomic E-state index is 6.86. The number of benzene rings is 1. The summed E-state index contributed by atoms with van der Waals surface area (Å²) in [6.07, 6.45) is 2.26. The van der Waals surface area contributed by atoms with Gasteiger partial charge in [-0.05, 0) is 0 Å². The molecule has 4 heteroatoms. The van der Waals surface area contributed by atoms with Crippen molar-refractivity contribution in [1.29, 1.82) is 0 Å². The Morgan fingerprint density at radius 2 is 1.57 bits per heavy atom. The Bertz CT molecular complexity index is 776. The second-order valence-corrected chi connectivity index (χ2v) is 11.9. The molecule has 0 aliphatic heterocycles. The smallest absolute Gasteiger partial charge is 0.147 e. The molecule has 0 saturated carbocycles. The van der Waals surface area contributed by atoms with Gasteiger partial charge in [-0.3, -0.25) is 0 Å². The Morgan fingerprint density at radius 3 is 2.00 bits per heavy atom. The average molecular weight is 461 g/mol. The number of halogens is 2. The van der Waals surface area contributed by atoms with Crippen LogP contribution in [0, 0.1) is 5.92 Å². The summed E-state index contributed by atoms with van der Waals surface area (Å²) in [5.41, 5.74) is 6.00. The average Bonchev–Trinajstić information content (AvgIpc) is 2.78. The molecule has 158 valence electrons. The summed E-state index contributed by atoms with van der Waals surface area (Å²) in [7, 11) is 0. The normalized spacial score (nSPS) is 16.5. The van der Waals surface area contributed by atoms with Crippen LogP contribution >= 0.6 is 24.8 Å². The van der Waals surface area contributed by atoms with Crippen molar-refractivity contribution in [2.45, 2.75) is 80.6 Å². The van der Waals surface area contributed by atoms with Gasteiger partial charge in [0.05, 0.1) is 0 Å². The molecule has 0 radical (unpaired) electrons. The Balaban J connectivity index is 0.00000364. The van der Waals surface area contributed by atoms with Crippen LogP contribution in [0.3, 0.4) is 0 Å². The first-order valence-electron chi connectivity index (χ1n) is 10.0. The van der Waals surface area contributed by atoms with Crippen LogP contribution in [0.25, 0.3) is 0 Å². The zero-order valence-corrected chi connectivity index (χ0v) is 22.2. The molecule has 0 amide bonds. The molecular formula is C24H38Cl2OTi. The largest absolute Gasteiger partial charge is 0.147 e. The quantitative estimate of drug-likeness (QED) is 0.404. The van der Waals surface area contributed by atoms with Crippen molar-refractivity contribution < 1.29 is 21.1 Å². The number of hydrogen-bond donors (Lipinski definition) is 0. The molecule has 0 bridgehead atoms. The SMILES string of the molecule is CC[C](CC)=[Ti]([O]c1cccc(C(C)(C)C)c1)[C]1=C(C)C(C)=C(C)C1C.Cl.Cl. The molecule has 0 N–H and O–H groups in total. The van der Waals surface area contributed by atoms with Crippen LogP contribution < -0.4 is 3.32 Å². The summed E-state index contributed by atoms with van der Waals surface area (Å²) in [4.78, 5) is 0.